The van der Waals surface area contributed by atoms with Gasteiger partial charge in [0.1, 0.15) is 11.5 Å². The third kappa shape index (κ3) is 5.28. The number of benzene rings is 1. The Kier molecular flexibility index (Phi) is 7.93. The van der Waals surface area contributed by atoms with Crippen molar-refractivity contribution in [2.24, 2.45) is 0 Å². The molecule has 0 saturated heterocycles. The molecule has 2 heterocycles. The van der Waals surface area contributed by atoms with Crippen LogP contribution in [0.5, 0.6) is 11.5 Å². The van der Waals surface area contributed by atoms with Crippen LogP contribution in [0.15, 0.2) is 12.1 Å². The van der Waals surface area contributed by atoms with E-state index in [1.165, 1.54) is 12.6 Å². The quantitative estimate of drug-likeness (QED) is 0.494. The molecule has 0 spiro atoms. The molecule has 1 aliphatic rings. The zero-order valence-electron chi connectivity index (χ0n) is 19.5. The van der Waals surface area contributed by atoms with Crippen molar-refractivity contribution in [3.8, 4) is 11.5 Å². The van der Waals surface area contributed by atoms with Crippen LogP contribution >= 0.6 is 11.3 Å². The molecule has 0 radical (unpaired) electrons. The Balaban J connectivity index is 1.76. The van der Waals surface area contributed by atoms with Gasteiger partial charge in [-0.15, -0.1) is 11.3 Å². The van der Waals surface area contributed by atoms with Crippen molar-refractivity contribution < 1.29 is 33.5 Å². The van der Waals surface area contributed by atoms with Gasteiger partial charge >= 0.3 is 5.97 Å². The molecule has 3 N–H and O–H groups in total. The van der Waals surface area contributed by atoms with Crippen LogP contribution in [0, 0.1) is 6.92 Å². The Morgan fingerprint density at radius 3 is 2.39 bits per heavy atom. The summed E-state index contributed by atoms with van der Waals surface area (Å²) >= 11 is 1.08. The molecule has 3 rings (SSSR count). The maximum absolute atomic E-state index is 12.9. The van der Waals surface area contributed by atoms with Gasteiger partial charge in [0.2, 0.25) is 0 Å². The molecule has 0 saturated carbocycles. The molecule has 178 valence electrons. The first-order chi connectivity index (χ1) is 15.8. The molecule has 1 atom stereocenters. The van der Waals surface area contributed by atoms with Crippen molar-refractivity contribution in [3.63, 3.8) is 0 Å². The van der Waals surface area contributed by atoms with Crippen LogP contribution in [-0.2, 0) is 22.5 Å². The predicted molar refractivity (Wildman–Crippen MR) is 125 cm³/mol. The smallest absolute Gasteiger partial charge is 0.341 e. The number of carbonyl (C=O) groups is 3. The van der Waals surface area contributed by atoms with Crippen LogP contribution < -0.4 is 25.0 Å². The zero-order valence-corrected chi connectivity index (χ0v) is 20.4. The van der Waals surface area contributed by atoms with E-state index in [1.807, 2.05) is 12.1 Å². The molecule has 1 unspecified atom stereocenters. The van der Waals surface area contributed by atoms with Gasteiger partial charge in [0.25, 0.3) is 11.8 Å². The first kappa shape index (κ1) is 24.5. The summed E-state index contributed by atoms with van der Waals surface area (Å²) in [5.41, 5.74) is 3.02. The number of amides is 2. The first-order valence-electron chi connectivity index (χ1n) is 10.7. The molecule has 33 heavy (non-hydrogen) atoms. The number of thiophene rings is 1. The Bertz CT molecular complexity index is 1060. The number of carbonyl (C=O) groups excluding carboxylic acids is 3. The molecule has 1 aliphatic heterocycles. The topological polar surface area (TPSA) is 107 Å². The van der Waals surface area contributed by atoms with Crippen molar-refractivity contribution in [1.29, 1.82) is 0 Å². The Labute approximate surface area is 197 Å². The molecule has 1 aromatic heterocycles. The highest BCUT2D eigenvalue weighted by molar-refractivity contribution is 7.18. The minimum Gasteiger partial charge on any atom is -0.493 e. The van der Waals surface area contributed by atoms with Crippen molar-refractivity contribution in [1.82, 2.24) is 5.32 Å². The van der Waals surface area contributed by atoms with E-state index in [9.17, 15) is 14.4 Å². The average molecular weight is 477 g/mol. The summed E-state index contributed by atoms with van der Waals surface area (Å²) in [6, 6.07) is 3.95. The van der Waals surface area contributed by atoms with Crippen molar-refractivity contribution in [2.75, 3.05) is 46.3 Å². The molecule has 1 aromatic carbocycles. The summed E-state index contributed by atoms with van der Waals surface area (Å²) in [6.45, 7) is 5.26. The van der Waals surface area contributed by atoms with Gasteiger partial charge in [-0.1, -0.05) is 0 Å². The van der Waals surface area contributed by atoms with Crippen molar-refractivity contribution in [3.05, 3.63) is 39.3 Å². The van der Waals surface area contributed by atoms with E-state index in [2.05, 4.69) is 10.6 Å². The Morgan fingerprint density at radius 1 is 1.12 bits per heavy atom. The molecular formula is C23H30N3O6S+. The van der Waals surface area contributed by atoms with Gasteiger partial charge in [-0.3, -0.25) is 9.59 Å². The second kappa shape index (κ2) is 10.7. The Hall–Kier alpha value is -3.11. The monoisotopic (exact) mass is 476 g/mol. The van der Waals surface area contributed by atoms with Crippen LogP contribution in [0.2, 0.25) is 0 Å². The normalized spacial score (nSPS) is 14.8. The molecular weight excluding hydrogens is 446 g/mol. The van der Waals surface area contributed by atoms with Gasteiger partial charge in [-0.25, -0.2) is 4.79 Å². The summed E-state index contributed by atoms with van der Waals surface area (Å²) in [4.78, 5) is 39.1. The van der Waals surface area contributed by atoms with Crippen LogP contribution in [0.4, 0.5) is 5.00 Å². The number of nitrogens with one attached hydrogen (secondary N) is 3. The molecule has 2 aromatic rings. The lowest BCUT2D eigenvalue weighted by molar-refractivity contribution is -0.907. The van der Waals surface area contributed by atoms with Crippen LogP contribution in [0.25, 0.3) is 0 Å². The van der Waals surface area contributed by atoms with E-state index in [-0.39, 0.29) is 30.5 Å². The summed E-state index contributed by atoms with van der Waals surface area (Å²) in [5.74, 6) is 0.258. The van der Waals surface area contributed by atoms with E-state index in [4.69, 9.17) is 14.2 Å². The van der Waals surface area contributed by atoms with E-state index < -0.39 is 5.97 Å². The SMILES string of the molecule is CCOC(=O)c1c(NC(=O)C[NH+]2CCc3cc(OC)c(OC)cc3C2)sc(C(=O)NC)c1C. The highest BCUT2D eigenvalue weighted by Crippen LogP contribution is 2.34. The molecule has 10 heteroatoms. The summed E-state index contributed by atoms with van der Waals surface area (Å²) in [5, 5.41) is 5.73. The standard InChI is InChI=1S/C23H29N3O6S/c1-6-32-23(29)19-13(2)20(21(28)24-3)33-22(19)25-18(27)12-26-8-7-14-9-16(30-4)17(31-5)10-15(14)11-26/h9-10H,6-8,11-12H2,1-5H3,(H,24,28)(H,25,27)/p+1. The van der Waals surface area contributed by atoms with Crippen molar-refractivity contribution >= 4 is 34.1 Å². The number of hydrogen-bond acceptors (Lipinski definition) is 7. The number of anilines is 1. The molecule has 0 fully saturated rings. The molecule has 2 amide bonds. The van der Waals surface area contributed by atoms with Gasteiger partial charge in [0.15, 0.2) is 18.0 Å². The third-order valence-electron chi connectivity index (χ3n) is 5.62. The molecule has 0 bridgehead atoms. The van der Waals surface area contributed by atoms with E-state index in [1.54, 1.807) is 28.1 Å². The van der Waals surface area contributed by atoms with Gasteiger partial charge in [0, 0.05) is 19.0 Å². The maximum Gasteiger partial charge on any atom is 0.341 e. The van der Waals surface area contributed by atoms with E-state index >= 15 is 0 Å². The fraction of sp³-hybridized carbons (Fsp3) is 0.435. The van der Waals surface area contributed by atoms with Crippen LogP contribution in [-0.4, -0.2) is 58.7 Å². The lowest BCUT2D eigenvalue weighted by atomic mass is 9.99. The van der Waals surface area contributed by atoms with Crippen LogP contribution in [0.3, 0.4) is 0 Å². The lowest BCUT2D eigenvalue weighted by Crippen LogP contribution is -3.12. The largest absolute Gasteiger partial charge is 0.493 e. The number of quaternary nitrogens is 1. The van der Waals surface area contributed by atoms with Gasteiger partial charge in [-0.2, -0.15) is 0 Å². The first-order valence-corrected chi connectivity index (χ1v) is 11.5. The number of ether oxygens (including phenoxy) is 3. The highest BCUT2D eigenvalue weighted by Gasteiger charge is 2.28. The van der Waals surface area contributed by atoms with Crippen molar-refractivity contribution in [2.45, 2.75) is 26.8 Å². The fourth-order valence-electron chi connectivity index (χ4n) is 3.96. The van der Waals surface area contributed by atoms with Gasteiger partial charge in [-0.05, 0) is 37.1 Å². The average Bonchev–Trinajstić information content (AvgIpc) is 3.12. The predicted octanol–water partition coefficient (Wildman–Crippen LogP) is 1.19. The maximum atomic E-state index is 12.9. The minimum absolute atomic E-state index is 0.197. The summed E-state index contributed by atoms with van der Waals surface area (Å²) in [6.07, 6.45) is 0.811. The third-order valence-corrected chi connectivity index (χ3v) is 6.82. The molecule has 0 aliphatic carbocycles. The van der Waals surface area contributed by atoms with Gasteiger partial charge < -0.3 is 29.7 Å². The number of methoxy groups -OCH3 is 2. The lowest BCUT2D eigenvalue weighted by Gasteiger charge is -2.26. The number of esters is 1. The summed E-state index contributed by atoms with van der Waals surface area (Å²) in [7, 11) is 4.73. The minimum atomic E-state index is -0.558. The second-order valence-electron chi connectivity index (χ2n) is 7.69. The number of fused-ring (bicyclic) bond motifs is 1. The molecule has 9 nitrogen and oxygen atoms in total. The second-order valence-corrected chi connectivity index (χ2v) is 8.71. The van der Waals surface area contributed by atoms with E-state index in [0.717, 1.165) is 34.8 Å². The van der Waals surface area contributed by atoms with Crippen LogP contribution in [0.1, 0.15) is 43.6 Å². The Morgan fingerprint density at radius 2 is 1.79 bits per heavy atom. The number of hydrogen-bond donors (Lipinski definition) is 3. The highest BCUT2D eigenvalue weighted by atomic mass is 32.1. The fourth-order valence-corrected chi connectivity index (χ4v) is 5.12. The summed E-state index contributed by atoms with van der Waals surface area (Å²) < 4.78 is 15.9. The zero-order chi connectivity index (χ0) is 24.1. The number of rotatable bonds is 8. The van der Waals surface area contributed by atoms with Gasteiger partial charge in [0.05, 0.1) is 37.8 Å². The van der Waals surface area contributed by atoms with E-state index in [0.29, 0.717) is 33.5 Å².